The summed E-state index contributed by atoms with van der Waals surface area (Å²) in [6, 6.07) is 0. The van der Waals surface area contributed by atoms with Crippen LogP contribution in [-0.4, -0.2) is 34.9 Å². The molecule has 6 nitrogen and oxygen atoms in total. The lowest BCUT2D eigenvalue weighted by molar-refractivity contribution is -0.149. The summed E-state index contributed by atoms with van der Waals surface area (Å²) in [6.07, 6.45) is 2.86. The Hall–Kier alpha value is -1.43. The minimum absolute atomic E-state index is 0.284. The number of nitrogens with zero attached hydrogens (tertiary/aromatic N) is 2. The number of carboxylic acid groups (broad SMARTS) is 1. The van der Waals surface area contributed by atoms with Crippen molar-refractivity contribution in [2.24, 2.45) is 5.41 Å². The topological polar surface area (TPSA) is 85.5 Å². The molecule has 1 N–H and O–H groups in total. The normalized spacial score (nSPS) is 11.7. The Bertz CT molecular complexity index is 399. The molecule has 0 atom stereocenters. The lowest BCUT2D eigenvalue weighted by atomic mass is 9.79. The average molecular weight is 270 g/mol. The minimum Gasteiger partial charge on any atom is -0.481 e. The summed E-state index contributed by atoms with van der Waals surface area (Å²) < 4.78 is 10.1. The van der Waals surface area contributed by atoms with E-state index in [1.54, 1.807) is 7.11 Å². The molecule has 108 valence electrons. The van der Waals surface area contributed by atoms with Crippen molar-refractivity contribution in [2.45, 2.75) is 46.0 Å². The van der Waals surface area contributed by atoms with Gasteiger partial charge in [0.25, 0.3) is 0 Å². The fourth-order valence-corrected chi connectivity index (χ4v) is 2.01. The van der Waals surface area contributed by atoms with E-state index >= 15 is 0 Å². The lowest BCUT2D eigenvalue weighted by Crippen LogP contribution is -2.32. The van der Waals surface area contributed by atoms with Crippen LogP contribution in [0.4, 0.5) is 0 Å². The van der Waals surface area contributed by atoms with Gasteiger partial charge in [-0.15, -0.1) is 0 Å². The third-order valence-corrected chi connectivity index (χ3v) is 3.56. The Morgan fingerprint density at radius 1 is 1.42 bits per heavy atom. The molecule has 0 saturated carbocycles. The molecule has 0 fully saturated rings. The van der Waals surface area contributed by atoms with E-state index in [2.05, 4.69) is 10.1 Å². The second-order valence-electron chi connectivity index (χ2n) is 4.67. The van der Waals surface area contributed by atoms with Gasteiger partial charge in [-0.05, 0) is 19.3 Å². The molecule has 0 bridgehead atoms. The Morgan fingerprint density at radius 3 is 2.63 bits per heavy atom. The van der Waals surface area contributed by atoms with E-state index < -0.39 is 11.4 Å². The zero-order valence-electron chi connectivity index (χ0n) is 11.8. The number of hydrogen-bond acceptors (Lipinski definition) is 5. The van der Waals surface area contributed by atoms with Gasteiger partial charge in [-0.2, -0.15) is 4.98 Å². The van der Waals surface area contributed by atoms with Crippen LogP contribution in [0.25, 0.3) is 0 Å². The monoisotopic (exact) mass is 270 g/mol. The van der Waals surface area contributed by atoms with Crippen molar-refractivity contribution in [3.63, 3.8) is 0 Å². The molecule has 0 radical (unpaired) electrons. The number of aromatic nitrogens is 2. The number of carboxylic acids is 1. The summed E-state index contributed by atoms with van der Waals surface area (Å²) >= 11 is 0. The molecule has 0 aliphatic heterocycles. The van der Waals surface area contributed by atoms with Crippen molar-refractivity contribution in [1.29, 1.82) is 0 Å². The zero-order chi connectivity index (χ0) is 14.3. The number of hydrogen-bond donors (Lipinski definition) is 1. The standard InChI is InChI=1S/C13H22N2O4/c1-4-13(5-2,12(16)17)9-11-14-10(15-19-11)7-6-8-18-3/h4-9H2,1-3H3,(H,16,17). The maximum atomic E-state index is 11.4. The molecule has 0 saturated heterocycles. The number of rotatable bonds is 9. The highest BCUT2D eigenvalue weighted by Crippen LogP contribution is 2.30. The minimum atomic E-state index is -0.809. The molecule has 0 aliphatic carbocycles. The second-order valence-corrected chi connectivity index (χ2v) is 4.67. The molecule has 1 aromatic rings. The van der Waals surface area contributed by atoms with E-state index in [1.807, 2.05) is 13.8 Å². The Balaban J connectivity index is 2.68. The van der Waals surface area contributed by atoms with Crippen LogP contribution in [0.15, 0.2) is 4.52 Å². The summed E-state index contributed by atoms with van der Waals surface area (Å²) in [5, 5.41) is 13.2. The van der Waals surface area contributed by atoms with E-state index in [0.29, 0.717) is 37.6 Å². The molecule has 1 rings (SSSR count). The first-order chi connectivity index (χ1) is 9.07. The van der Waals surface area contributed by atoms with E-state index in [9.17, 15) is 9.90 Å². The van der Waals surface area contributed by atoms with Gasteiger partial charge < -0.3 is 14.4 Å². The van der Waals surface area contributed by atoms with Gasteiger partial charge in [0, 0.05) is 26.6 Å². The first kappa shape index (κ1) is 15.6. The lowest BCUT2D eigenvalue weighted by Gasteiger charge is -2.24. The maximum Gasteiger partial charge on any atom is 0.310 e. The Labute approximate surface area is 113 Å². The van der Waals surface area contributed by atoms with Crippen molar-refractivity contribution in [1.82, 2.24) is 10.1 Å². The smallest absolute Gasteiger partial charge is 0.310 e. The largest absolute Gasteiger partial charge is 0.481 e. The van der Waals surface area contributed by atoms with Crippen LogP contribution in [0, 0.1) is 5.41 Å². The zero-order valence-corrected chi connectivity index (χ0v) is 11.8. The number of ether oxygens (including phenoxy) is 1. The van der Waals surface area contributed by atoms with Gasteiger partial charge in [-0.3, -0.25) is 4.79 Å². The summed E-state index contributed by atoms with van der Waals surface area (Å²) in [5.74, 6) is 0.202. The van der Waals surface area contributed by atoms with Crippen LogP contribution in [0.2, 0.25) is 0 Å². The molecular weight excluding hydrogens is 248 g/mol. The third kappa shape index (κ3) is 4.02. The number of carbonyl (C=O) groups is 1. The second kappa shape index (κ2) is 7.23. The quantitative estimate of drug-likeness (QED) is 0.691. The predicted molar refractivity (Wildman–Crippen MR) is 68.8 cm³/mol. The molecule has 0 unspecified atom stereocenters. The van der Waals surface area contributed by atoms with E-state index in [-0.39, 0.29) is 6.42 Å². The summed E-state index contributed by atoms with van der Waals surface area (Å²) in [4.78, 5) is 15.6. The van der Waals surface area contributed by atoms with Crippen molar-refractivity contribution < 1.29 is 19.2 Å². The molecule has 0 amide bonds. The summed E-state index contributed by atoms with van der Waals surface area (Å²) in [5.41, 5.74) is -0.809. The molecule has 0 aliphatic rings. The van der Waals surface area contributed by atoms with Gasteiger partial charge in [-0.25, -0.2) is 0 Å². The molecule has 1 aromatic heterocycles. The number of aliphatic carboxylic acids is 1. The highest BCUT2D eigenvalue weighted by Gasteiger charge is 2.37. The molecule has 0 spiro atoms. The van der Waals surface area contributed by atoms with Crippen LogP contribution in [0.5, 0.6) is 0 Å². The van der Waals surface area contributed by atoms with E-state index in [1.165, 1.54) is 0 Å². The third-order valence-electron chi connectivity index (χ3n) is 3.56. The highest BCUT2D eigenvalue weighted by atomic mass is 16.5. The van der Waals surface area contributed by atoms with E-state index in [0.717, 1.165) is 6.42 Å². The number of methoxy groups -OCH3 is 1. The van der Waals surface area contributed by atoms with Crippen LogP contribution >= 0.6 is 0 Å². The SMILES string of the molecule is CCC(CC)(Cc1nc(CCCOC)no1)C(=O)O. The van der Waals surface area contributed by atoms with Gasteiger partial charge in [0.1, 0.15) is 0 Å². The average Bonchev–Trinajstić information content (AvgIpc) is 2.83. The molecule has 19 heavy (non-hydrogen) atoms. The first-order valence-corrected chi connectivity index (χ1v) is 6.61. The highest BCUT2D eigenvalue weighted by molar-refractivity contribution is 5.74. The molecular formula is C13H22N2O4. The van der Waals surface area contributed by atoms with E-state index in [4.69, 9.17) is 9.26 Å². The summed E-state index contributed by atoms with van der Waals surface area (Å²) in [7, 11) is 1.64. The number of aryl methyl sites for hydroxylation is 1. The van der Waals surface area contributed by atoms with Crippen LogP contribution in [0.3, 0.4) is 0 Å². The molecule has 0 aromatic carbocycles. The van der Waals surface area contributed by atoms with Crippen LogP contribution in [-0.2, 0) is 22.4 Å². The Morgan fingerprint density at radius 2 is 2.11 bits per heavy atom. The van der Waals surface area contributed by atoms with Crippen molar-refractivity contribution >= 4 is 5.97 Å². The maximum absolute atomic E-state index is 11.4. The van der Waals surface area contributed by atoms with Gasteiger partial charge in [0.05, 0.1) is 5.41 Å². The van der Waals surface area contributed by atoms with Gasteiger partial charge in [-0.1, -0.05) is 19.0 Å². The fraction of sp³-hybridized carbons (Fsp3) is 0.769. The predicted octanol–water partition coefficient (Wildman–Crippen LogP) is 2.08. The molecule has 1 heterocycles. The Kier molecular flexibility index (Phi) is 5.95. The van der Waals surface area contributed by atoms with Crippen molar-refractivity contribution in [3.05, 3.63) is 11.7 Å². The van der Waals surface area contributed by atoms with Gasteiger partial charge >= 0.3 is 5.97 Å². The summed E-state index contributed by atoms with van der Waals surface area (Å²) in [6.45, 7) is 4.38. The molecule has 6 heteroatoms. The van der Waals surface area contributed by atoms with Crippen molar-refractivity contribution in [2.75, 3.05) is 13.7 Å². The van der Waals surface area contributed by atoms with Gasteiger partial charge in [0.2, 0.25) is 5.89 Å². The van der Waals surface area contributed by atoms with Crippen molar-refractivity contribution in [3.8, 4) is 0 Å². The van der Waals surface area contributed by atoms with Crippen LogP contribution < -0.4 is 0 Å². The first-order valence-electron chi connectivity index (χ1n) is 6.61. The van der Waals surface area contributed by atoms with Crippen LogP contribution in [0.1, 0.15) is 44.8 Å². The van der Waals surface area contributed by atoms with Gasteiger partial charge in [0.15, 0.2) is 5.82 Å². The fourth-order valence-electron chi connectivity index (χ4n) is 2.01.